The molecule has 4 atom stereocenters. The first kappa shape index (κ1) is 36.9. The van der Waals surface area contributed by atoms with Crippen LogP contribution in [0, 0.1) is 23.7 Å². The Hall–Kier alpha value is -2.09. The predicted octanol–water partition coefficient (Wildman–Crippen LogP) is 4.77. The number of rotatable bonds is 21. The molecule has 0 saturated carbocycles. The Labute approximate surface area is 237 Å². The number of ketones is 3. The van der Waals surface area contributed by atoms with E-state index >= 15 is 0 Å². The highest BCUT2D eigenvalue weighted by Crippen LogP contribution is 2.15. The van der Waals surface area contributed by atoms with Gasteiger partial charge in [-0.05, 0) is 25.2 Å². The van der Waals surface area contributed by atoms with Crippen LogP contribution in [-0.4, -0.2) is 53.3 Å². The molecular formula is C31H57N3O5. The fourth-order valence-corrected chi connectivity index (χ4v) is 4.45. The molecule has 4 unspecified atom stereocenters. The summed E-state index contributed by atoms with van der Waals surface area (Å²) < 4.78 is 0. The molecule has 0 fully saturated rings. The number of Topliss-reactive ketones (excluding diaryl/α,β-unsaturated/α-hetero) is 3. The highest BCUT2D eigenvalue weighted by molar-refractivity contribution is 5.92. The summed E-state index contributed by atoms with van der Waals surface area (Å²) in [6.45, 7) is 19.1. The van der Waals surface area contributed by atoms with E-state index in [0.29, 0.717) is 18.8 Å². The molecule has 0 aliphatic carbocycles. The van der Waals surface area contributed by atoms with E-state index in [-0.39, 0.29) is 72.2 Å². The Balaban J connectivity index is 5.22. The molecule has 0 aliphatic heterocycles. The van der Waals surface area contributed by atoms with Gasteiger partial charge in [0.2, 0.25) is 11.8 Å². The van der Waals surface area contributed by atoms with Gasteiger partial charge in [-0.1, -0.05) is 88.5 Å². The Morgan fingerprint density at radius 3 is 1.31 bits per heavy atom. The van der Waals surface area contributed by atoms with Crippen LogP contribution >= 0.6 is 0 Å². The van der Waals surface area contributed by atoms with Crippen molar-refractivity contribution in [2.45, 2.75) is 145 Å². The van der Waals surface area contributed by atoms with Gasteiger partial charge in [0, 0.05) is 36.6 Å². The first-order chi connectivity index (χ1) is 18.1. The summed E-state index contributed by atoms with van der Waals surface area (Å²) in [6.07, 6.45) is 4.14. The maximum atomic E-state index is 12.9. The normalized spacial score (nSPS) is 14.8. The molecule has 0 aromatic carbocycles. The van der Waals surface area contributed by atoms with E-state index in [1.54, 1.807) is 13.8 Å². The average molecular weight is 552 g/mol. The summed E-state index contributed by atoms with van der Waals surface area (Å²) in [4.78, 5) is 63.8. The molecule has 0 aromatic rings. The van der Waals surface area contributed by atoms with Gasteiger partial charge < -0.3 is 16.0 Å². The van der Waals surface area contributed by atoms with Crippen molar-refractivity contribution in [2.24, 2.45) is 23.7 Å². The van der Waals surface area contributed by atoms with Crippen LogP contribution in [0.4, 0.5) is 0 Å². The van der Waals surface area contributed by atoms with Crippen LogP contribution in [0.2, 0.25) is 0 Å². The summed E-state index contributed by atoms with van der Waals surface area (Å²) in [5.41, 5.74) is 0. The molecule has 8 nitrogen and oxygen atoms in total. The maximum Gasteiger partial charge on any atom is 0.220 e. The van der Waals surface area contributed by atoms with E-state index in [2.05, 4.69) is 29.8 Å². The monoisotopic (exact) mass is 551 g/mol. The van der Waals surface area contributed by atoms with Crippen molar-refractivity contribution in [1.29, 1.82) is 0 Å². The van der Waals surface area contributed by atoms with Gasteiger partial charge in [0.25, 0.3) is 0 Å². The lowest BCUT2D eigenvalue weighted by atomic mass is 9.93. The zero-order valence-corrected chi connectivity index (χ0v) is 26.3. The highest BCUT2D eigenvalue weighted by atomic mass is 16.2. The predicted molar refractivity (Wildman–Crippen MR) is 157 cm³/mol. The molecule has 0 rings (SSSR count). The quantitative estimate of drug-likeness (QED) is 0.189. The van der Waals surface area contributed by atoms with Crippen molar-refractivity contribution in [3.05, 3.63) is 0 Å². The van der Waals surface area contributed by atoms with Gasteiger partial charge in [-0.2, -0.15) is 0 Å². The summed E-state index contributed by atoms with van der Waals surface area (Å²) >= 11 is 0. The van der Waals surface area contributed by atoms with Crippen molar-refractivity contribution < 1.29 is 24.0 Å². The minimum atomic E-state index is -0.801. The second-order valence-corrected chi connectivity index (χ2v) is 12.3. The minimum absolute atomic E-state index is 0.0103. The largest absolute Gasteiger partial charge is 0.346 e. The van der Waals surface area contributed by atoms with E-state index in [1.165, 1.54) is 0 Å². The third kappa shape index (κ3) is 15.3. The molecule has 3 N–H and O–H groups in total. The van der Waals surface area contributed by atoms with Crippen molar-refractivity contribution in [3.8, 4) is 0 Å². The SMILES string of the molecule is CCC(C)CCCC(NC(=O)CCC(NC(=O)CCC(NC(C)C)C(=O)C(C)C)C(=O)C(C)C)C(=O)C(C)C. The first-order valence-corrected chi connectivity index (χ1v) is 15.1. The maximum absolute atomic E-state index is 12.9. The second kappa shape index (κ2) is 19.1. The Morgan fingerprint density at radius 2 is 0.923 bits per heavy atom. The zero-order valence-electron chi connectivity index (χ0n) is 26.3. The minimum Gasteiger partial charge on any atom is -0.346 e. The molecular weight excluding hydrogens is 494 g/mol. The van der Waals surface area contributed by atoms with Gasteiger partial charge in [0.05, 0.1) is 18.1 Å². The molecule has 2 amide bonds. The molecule has 0 aromatic heterocycles. The number of carbonyl (C=O) groups excluding carboxylic acids is 5. The first-order valence-electron chi connectivity index (χ1n) is 15.1. The Kier molecular flexibility index (Phi) is 18.0. The topological polar surface area (TPSA) is 121 Å². The number of carbonyl (C=O) groups is 5. The van der Waals surface area contributed by atoms with Crippen molar-refractivity contribution in [2.75, 3.05) is 0 Å². The van der Waals surface area contributed by atoms with Gasteiger partial charge in [-0.15, -0.1) is 0 Å². The molecule has 0 radical (unpaired) electrons. The van der Waals surface area contributed by atoms with E-state index in [1.807, 2.05) is 41.5 Å². The summed E-state index contributed by atoms with van der Waals surface area (Å²) in [6, 6.07) is -1.68. The lowest BCUT2D eigenvalue weighted by Gasteiger charge is -2.24. The smallest absolute Gasteiger partial charge is 0.220 e. The van der Waals surface area contributed by atoms with Crippen LogP contribution in [0.15, 0.2) is 0 Å². The van der Waals surface area contributed by atoms with Crippen molar-refractivity contribution >= 4 is 29.2 Å². The summed E-state index contributed by atoms with van der Waals surface area (Å²) in [5, 5.41) is 8.93. The fraction of sp³-hybridized carbons (Fsp3) is 0.839. The van der Waals surface area contributed by atoms with E-state index in [0.717, 1.165) is 19.3 Å². The molecule has 0 saturated heterocycles. The van der Waals surface area contributed by atoms with Crippen LogP contribution in [0.3, 0.4) is 0 Å². The lowest BCUT2D eigenvalue weighted by molar-refractivity contribution is -0.131. The second-order valence-electron chi connectivity index (χ2n) is 12.3. The van der Waals surface area contributed by atoms with E-state index in [9.17, 15) is 24.0 Å². The molecule has 39 heavy (non-hydrogen) atoms. The summed E-state index contributed by atoms with van der Waals surface area (Å²) in [5.74, 6) is -0.779. The van der Waals surface area contributed by atoms with Crippen molar-refractivity contribution in [1.82, 2.24) is 16.0 Å². The fourth-order valence-electron chi connectivity index (χ4n) is 4.45. The number of nitrogens with one attached hydrogen (secondary N) is 3. The number of hydrogen-bond donors (Lipinski definition) is 3. The third-order valence-corrected chi connectivity index (χ3v) is 7.15. The van der Waals surface area contributed by atoms with Crippen molar-refractivity contribution in [3.63, 3.8) is 0 Å². The van der Waals surface area contributed by atoms with Crippen LogP contribution in [-0.2, 0) is 24.0 Å². The molecule has 0 bridgehead atoms. The molecule has 8 heteroatoms. The van der Waals surface area contributed by atoms with Gasteiger partial charge in [-0.25, -0.2) is 0 Å². The van der Waals surface area contributed by atoms with Crippen LogP contribution in [0.5, 0.6) is 0 Å². The third-order valence-electron chi connectivity index (χ3n) is 7.15. The van der Waals surface area contributed by atoms with Crippen LogP contribution < -0.4 is 16.0 Å². The van der Waals surface area contributed by atoms with E-state index in [4.69, 9.17) is 0 Å². The van der Waals surface area contributed by atoms with Gasteiger partial charge in [0.15, 0.2) is 17.3 Å². The standard InChI is InChI=1S/C31H57N3O5/c1-11-23(10)13-12-14-24(29(37)19(2)3)33-27(35)18-16-26(31(39)21(6)7)34-28(36)17-15-25(32-22(8)9)30(38)20(4)5/h19-26,32H,11-18H2,1-10H3,(H,33,35)(H,34,36). The van der Waals surface area contributed by atoms with Crippen LogP contribution in [0.1, 0.15) is 121 Å². The lowest BCUT2D eigenvalue weighted by Crippen LogP contribution is -2.46. The number of amides is 2. The Morgan fingerprint density at radius 1 is 0.538 bits per heavy atom. The van der Waals surface area contributed by atoms with Gasteiger partial charge >= 0.3 is 0 Å². The zero-order chi connectivity index (χ0) is 30.3. The molecule has 0 aliphatic rings. The highest BCUT2D eigenvalue weighted by Gasteiger charge is 2.28. The molecule has 0 heterocycles. The molecule has 226 valence electrons. The Bertz CT molecular complexity index is 791. The average Bonchev–Trinajstić information content (AvgIpc) is 2.86. The number of hydrogen-bond acceptors (Lipinski definition) is 6. The van der Waals surface area contributed by atoms with Gasteiger partial charge in [0.1, 0.15) is 0 Å². The van der Waals surface area contributed by atoms with E-state index < -0.39 is 18.1 Å². The summed E-state index contributed by atoms with van der Waals surface area (Å²) in [7, 11) is 0. The molecule has 0 spiro atoms. The van der Waals surface area contributed by atoms with Gasteiger partial charge in [-0.3, -0.25) is 24.0 Å². The van der Waals surface area contributed by atoms with Crippen LogP contribution in [0.25, 0.3) is 0 Å².